The molecule has 2 fully saturated rings. The van der Waals surface area contributed by atoms with Gasteiger partial charge in [0.25, 0.3) is 5.91 Å². The third-order valence-electron chi connectivity index (χ3n) is 6.58. The summed E-state index contributed by atoms with van der Waals surface area (Å²) < 4.78 is 1.79. The van der Waals surface area contributed by atoms with E-state index in [9.17, 15) is 9.59 Å². The van der Waals surface area contributed by atoms with Crippen LogP contribution in [0.1, 0.15) is 53.8 Å². The van der Waals surface area contributed by atoms with Crippen molar-refractivity contribution < 1.29 is 9.59 Å². The highest BCUT2D eigenvalue weighted by Crippen LogP contribution is 2.40. The normalized spacial score (nSPS) is 28.7. The summed E-state index contributed by atoms with van der Waals surface area (Å²) in [5, 5.41) is 4.59. The highest BCUT2D eigenvalue weighted by Gasteiger charge is 2.43. The molecule has 1 saturated heterocycles. The summed E-state index contributed by atoms with van der Waals surface area (Å²) in [6.07, 6.45) is 6.86. The van der Waals surface area contributed by atoms with Gasteiger partial charge in [0.2, 0.25) is 5.91 Å². The minimum Gasteiger partial charge on any atom is -0.345 e. The average Bonchev–Trinajstić information content (AvgIpc) is 3.13. The van der Waals surface area contributed by atoms with Gasteiger partial charge in [-0.2, -0.15) is 5.10 Å². The molecule has 2 amide bonds. The number of fused-ring (bicyclic) bond motifs is 2. The monoisotopic (exact) mass is 344 g/mol. The first-order chi connectivity index (χ1) is 12.0. The van der Waals surface area contributed by atoms with Crippen molar-refractivity contribution in [1.82, 2.24) is 19.6 Å². The minimum atomic E-state index is 0.0986. The van der Waals surface area contributed by atoms with Gasteiger partial charge >= 0.3 is 0 Å². The maximum Gasteiger partial charge on any atom is 0.272 e. The Bertz CT molecular complexity index is 711. The summed E-state index contributed by atoms with van der Waals surface area (Å²) >= 11 is 0. The zero-order valence-electron chi connectivity index (χ0n) is 15.5. The van der Waals surface area contributed by atoms with Gasteiger partial charge in [0.05, 0.1) is 5.69 Å². The van der Waals surface area contributed by atoms with Gasteiger partial charge in [0.1, 0.15) is 5.69 Å². The number of hydrogen-bond acceptors (Lipinski definition) is 3. The number of carbonyl (C=O) groups is 2. The molecule has 3 aliphatic rings. The molecular formula is C19H28N4O2. The average molecular weight is 344 g/mol. The number of aromatic nitrogens is 2. The van der Waals surface area contributed by atoms with Gasteiger partial charge in [-0.1, -0.05) is 0 Å². The third kappa shape index (κ3) is 2.75. The fourth-order valence-corrected chi connectivity index (χ4v) is 5.09. The SMILES string of the molecule is CN1C[C@H]2C[C@@H](N(C)C(=O)c3c4c(nn3C)CCCC4)C[C@H]2CC1=O. The fourth-order valence-electron chi connectivity index (χ4n) is 5.09. The Morgan fingerprint density at radius 1 is 1.16 bits per heavy atom. The van der Waals surface area contributed by atoms with E-state index < -0.39 is 0 Å². The highest BCUT2D eigenvalue weighted by molar-refractivity contribution is 5.94. The van der Waals surface area contributed by atoms with E-state index >= 15 is 0 Å². The van der Waals surface area contributed by atoms with Crippen molar-refractivity contribution in [2.45, 2.75) is 51.0 Å². The van der Waals surface area contributed by atoms with Crippen LogP contribution in [0.5, 0.6) is 0 Å². The van der Waals surface area contributed by atoms with Crippen molar-refractivity contribution in [3.63, 3.8) is 0 Å². The molecule has 0 spiro atoms. The van der Waals surface area contributed by atoms with E-state index in [0.29, 0.717) is 18.3 Å². The standard InChI is InChI=1S/C19H28N4O2/c1-21-11-13-9-14(8-12(13)10-17(21)24)22(2)19(25)18-15-6-4-5-7-16(15)20-23(18)3/h12-14H,4-11H2,1-3H3/t12-,13+,14-/m0/s1. The Balaban J connectivity index is 1.52. The molecule has 1 saturated carbocycles. The summed E-state index contributed by atoms with van der Waals surface area (Å²) in [6.45, 7) is 0.836. The molecule has 25 heavy (non-hydrogen) atoms. The molecule has 1 aliphatic heterocycles. The molecule has 4 rings (SSSR count). The van der Waals surface area contributed by atoms with E-state index in [1.165, 1.54) is 6.42 Å². The summed E-state index contributed by atoms with van der Waals surface area (Å²) in [6, 6.07) is 0.232. The molecule has 1 aromatic heterocycles. The molecular weight excluding hydrogens is 316 g/mol. The van der Waals surface area contributed by atoms with Crippen LogP contribution in [-0.4, -0.2) is 58.1 Å². The van der Waals surface area contributed by atoms with E-state index in [4.69, 9.17) is 0 Å². The summed E-state index contributed by atoms with van der Waals surface area (Å²) in [7, 11) is 5.71. The lowest BCUT2D eigenvalue weighted by atomic mass is 9.88. The Morgan fingerprint density at radius 3 is 2.68 bits per heavy atom. The van der Waals surface area contributed by atoms with Crippen LogP contribution in [0.15, 0.2) is 0 Å². The van der Waals surface area contributed by atoms with Crippen LogP contribution in [0, 0.1) is 11.8 Å². The molecule has 0 radical (unpaired) electrons. The Morgan fingerprint density at radius 2 is 1.88 bits per heavy atom. The number of nitrogens with zero attached hydrogens (tertiary/aromatic N) is 4. The van der Waals surface area contributed by atoms with Crippen LogP contribution < -0.4 is 0 Å². The molecule has 2 heterocycles. The molecule has 2 aliphatic carbocycles. The van der Waals surface area contributed by atoms with Crippen molar-refractivity contribution in [1.29, 1.82) is 0 Å². The summed E-state index contributed by atoms with van der Waals surface area (Å²) in [5.41, 5.74) is 3.05. The second-order valence-electron chi connectivity index (χ2n) is 8.14. The van der Waals surface area contributed by atoms with Crippen molar-refractivity contribution in [2.75, 3.05) is 20.6 Å². The molecule has 1 aromatic rings. The number of rotatable bonds is 2. The smallest absolute Gasteiger partial charge is 0.272 e. The van der Waals surface area contributed by atoms with Gasteiger partial charge in [0, 0.05) is 45.7 Å². The van der Waals surface area contributed by atoms with Gasteiger partial charge in [-0.3, -0.25) is 14.3 Å². The van der Waals surface area contributed by atoms with Gasteiger partial charge < -0.3 is 9.80 Å². The van der Waals surface area contributed by atoms with Gasteiger partial charge in [-0.25, -0.2) is 0 Å². The molecule has 0 N–H and O–H groups in total. The maximum atomic E-state index is 13.2. The zero-order chi connectivity index (χ0) is 17.7. The molecule has 136 valence electrons. The van der Waals surface area contributed by atoms with E-state index in [1.807, 2.05) is 30.9 Å². The van der Waals surface area contributed by atoms with E-state index in [1.54, 1.807) is 4.68 Å². The lowest BCUT2D eigenvalue weighted by Gasteiger charge is -2.31. The third-order valence-corrected chi connectivity index (χ3v) is 6.58. The Kier molecular flexibility index (Phi) is 4.08. The van der Waals surface area contributed by atoms with Crippen molar-refractivity contribution in [3.8, 4) is 0 Å². The second-order valence-corrected chi connectivity index (χ2v) is 8.14. The summed E-state index contributed by atoms with van der Waals surface area (Å²) in [5.74, 6) is 1.31. The van der Waals surface area contributed by atoms with Crippen LogP contribution >= 0.6 is 0 Å². The van der Waals surface area contributed by atoms with E-state index in [0.717, 1.165) is 55.6 Å². The molecule has 6 nitrogen and oxygen atoms in total. The molecule has 0 unspecified atom stereocenters. The van der Waals surface area contributed by atoms with Gasteiger partial charge in [0.15, 0.2) is 0 Å². The minimum absolute atomic E-state index is 0.0986. The second kappa shape index (κ2) is 6.15. The van der Waals surface area contributed by atoms with Crippen LogP contribution in [-0.2, 0) is 24.7 Å². The number of piperidine rings is 1. The van der Waals surface area contributed by atoms with E-state index in [2.05, 4.69) is 5.10 Å². The first-order valence-corrected chi connectivity index (χ1v) is 9.51. The lowest BCUT2D eigenvalue weighted by Crippen LogP contribution is -2.40. The number of aryl methyl sites for hydroxylation is 2. The van der Waals surface area contributed by atoms with Crippen LogP contribution in [0.25, 0.3) is 0 Å². The molecule has 0 bridgehead atoms. The van der Waals surface area contributed by atoms with E-state index in [-0.39, 0.29) is 17.9 Å². The number of hydrogen-bond donors (Lipinski definition) is 0. The van der Waals surface area contributed by atoms with Gasteiger partial charge in [-0.15, -0.1) is 0 Å². The molecule has 0 aromatic carbocycles. The highest BCUT2D eigenvalue weighted by atomic mass is 16.2. The Hall–Kier alpha value is -1.85. The summed E-state index contributed by atoms with van der Waals surface area (Å²) in [4.78, 5) is 29.0. The van der Waals surface area contributed by atoms with Crippen molar-refractivity contribution in [2.24, 2.45) is 18.9 Å². The largest absolute Gasteiger partial charge is 0.345 e. The van der Waals surface area contributed by atoms with Crippen molar-refractivity contribution in [3.05, 3.63) is 17.0 Å². The Labute approximate surface area is 149 Å². The maximum absolute atomic E-state index is 13.2. The predicted octanol–water partition coefficient (Wildman–Crippen LogP) is 1.63. The topological polar surface area (TPSA) is 58.4 Å². The fraction of sp³-hybridized carbons (Fsp3) is 0.737. The predicted molar refractivity (Wildman–Crippen MR) is 94.2 cm³/mol. The number of carbonyl (C=O) groups excluding carboxylic acids is 2. The lowest BCUT2D eigenvalue weighted by molar-refractivity contribution is -0.134. The van der Waals surface area contributed by atoms with Gasteiger partial charge in [-0.05, 0) is 50.4 Å². The number of amides is 2. The van der Waals surface area contributed by atoms with Crippen LogP contribution in [0.3, 0.4) is 0 Å². The quantitative estimate of drug-likeness (QED) is 0.819. The molecule has 6 heteroatoms. The number of likely N-dealkylation sites (tertiary alicyclic amines) is 1. The van der Waals surface area contributed by atoms with Crippen LogP contribution in [0.4, 0.5) is 0 Å². The van der Waals surface area contributed by atoms with Crippen LogP contribution in [0.2, 0.25) is 0 Å². The first-order valence-electron chi connectivity index (χ1n) is 9.51. The zero-order valence-corrected chi connectivity index (χ0v) is 15.5. The van der Waals surface area contributed by atoms with Crippen molar-refractivity contribution >= 4 is 11.8 Å². The first kappa shape index (κ1) is 16.6. The molecule has 3 atom stereocenters.